The van der Waals surface area contributed by atoms with Gasteiger partial charge in [-0.05, 0) is 37.3 Å². The van der Waals surface area contributed by atoms with E-state index in [-0.39, 0.29) is 29.5 Å². The van der Waals surface area contributed by atoms with E-state index < -0.39 is 21.7 Å². The fourth-order valence-corrected chi connectivity index (χ4v) is 4.47. The van der Waals surface area contributed by atoms with Crippen molar-refractivity contribution in [3.05, 3.63) is 53.3 Å². The topological polar surface area (TPSA) is 104 Å². The molecule has 0 bridgehead atoms. The molecule has 1 amide bonds. The van der Waals surface area contributed by atoms with E-state index in [4.69, 9.17) is 9.47 Å². The molecule has 1 heterocycles. The van der Waals surface area contributed by atoms with Gasteiger partial charge in [0.2, 0.25) is 0 Å². The van der Waals surface area contributed by atoms with Gasteiger partial charge >= 0.3 is 5.97 Å². The lowest BCUT2D eigenvalue weighted by atomic mass is 10.3. The summed E-state index contributed by atoms with van der Waals surface area (Å²) in [6.45, 7) is 1.49. The minimum atomic E-state index is -3.40. The maximum atomic E-state index is 12.3. The van der Waals surface area contributed by atoms with E-state index in [9.17, 15) is 18.0 Å². The minimum Gasteiger partial charge on any atom is -0.484 e. The molecule has 0 spiro atoms. The minimum absolute atomic E-state index is 0.143. The fraction of sp³-hybridized carbons (Fsp3) is 0.250. The second-order valence-electron chi connectivity index (χ2n) is 6.28. The van der Waals surface area contributed by atoms with Crippen LogP contribution in [0.4, 0.5) is 0 Å². The molecule has 10 heteroatoms. The van der Waals surface area contributed by atoms with Crippen molar-refractivity contribution in [1.82, 2.24) is 4.57 Å². The number of nitrogens with zero attached hydrogens (tertiary/aromatic N) is 2. The van der Waals surface area contributed by atoms with Crippen molar-refractivity contribution in [3.8, 4) is 5.75 Å². The first-order valence-corrected chi connectivity index (χ1v) is 11.7. The summed E-state index contributed by atoms with van der Waals surface area (Å²) in [7, 11) is -3.40. The molecular weight excluding hydrogens is 428 g/mol. The van der Waals surface area contributed by atoms with E-state index in [1.54, 1.807) is 37.3 Å². The summed E-state index contributed by atoms with van der Waals surface area (Å²) in [5.74, 6) is -0.486. The van der Waals surface area contributed by atoms with Crippen molar-refractivity contribution in [3.63, 3.8) is 0 Å². The number of amides is 1. The zero-order valence-corrected chi connectivity index (χ0v) is 18.0. The second-order valence-corrected chi connectivity index (χ2v) is 9.31. The zero-order chi connectivity index (χ0) is 21.7. The number of esters is 1. The van der Waals surface area contributed by atoms with E-state index in [1.807, 2.05) is 6.07 Å². The molecule has 0 fully saturated rings. The number of hydrogen-bond donors (Lipinski definition) is 0. The Balaban J connectivity index is 1.98. The van der Waals surface area contributed by atoms with Crippen molar-refractivity contribution in [2.75, 3.05) is 19.5 Å². The van der Waals surface area contributed by atoms with Crippen LogP contribution in [0, 0.1) is 0 Å². The molecular formula is C20H20N2O6S2. The molecule has 30 heavy (non-hydrogen) atoms. The number of aromatic nitrogens is 1. The second kappa shape index (κ2) is 9.23. The van der Waals surface area contributed by atoms with Crippen molar-refractivity contribution in [2.45, 2.75) is 18.4 Å². The number of sulfone groups is 1. The van der Waals surface area contributed by atoms with Crippen LogP contribution < -0.4 is 9.54 Å². The number of hydrogen-bond acceptors (Lipinski definition) is 7. The maximum Gasteiger partial charge on any atom is 0.326 e. The van der Waals surface area contributed by atoms with Gasteiger partial charge in [0.15, 0.2) is 21.2 Å². The molecule has 0 radical (unpaired) electrons. The summed E-state index contributed by atoms with van der Waals surface area (Å²) in [4.78, 5) is 28.9. The van der Waals surface area contributed by atoms with Gasteiger partial charge in [-0.2, -0.15) is 4.99 Å². The molecule has 0 N–H and O–H groups in total. The van der Waals surface area contributed by atoms with E-state index in [2.05, 4.69) is 4.99 Å². The molecule has 3 aromatic rings. The maximum absolute atomic E-state index is 12.3. The van der Waals surface area contributed by atoms with Gasteiger partial charge in [-0.3, -0.25) is 9.59 Å². The summed E-state index contributed by atoms with van der Waals surface area (Å²) in [5, 5.41) is 0. The molecule has 0 aliphatic heterocycles. The number of carbonyl (C=O) groups is 2. The highest BCUT2D eigenvalue weighted by Crippen LogP contribution is 2.22. The van der Waals surface area contributed by atoms with Gasteiger partial charge in [-0.25, -0.2) is 8.42 Å². The average molecular weight is 449 g/mol. The number of thiazole rings is 1. The smallest absolute Gasteiger partial charge is 0.326 e. The van der Waals surface area contributed by atoms with Crippen LogP contribution in [0.2, 0.25) is 0 Å². The lowest BCUT2D eigenvalue weighted by Crippen LogP contribution is -2.24. The fourth-order valence-electron chi connectivity index (χ4n) is 2.66. The molecule has 0 aliphatic carbocycles. The van der Waals surface area contributed by atoms with Gasteiger partial charge in [-0.1, -0.05) is 29.5 Å². The molecule has 0 saturated heterocycles. The zero-order valence-electron chi connectivity index (χ0n) is 16.4. The van der Waals surface area contributed by atoms with Gasteiger partial charge in [0.05, 0.1) is 21.7 Å². The summed E-state index contributed by atoms with van der Waals surface area (Å²) >= 11 is 1.11. The van der Waals surface area contributed by atoms with E-state index >= 15 is 0 Å². The normalized spacial score (nSPS) is 12.1. The third-order valence-electron chi connectivity index (χ3n) is 4.00. The highest BCUT2D eigenvalue weighted by molar-refractivity contribution is 7.90. The Morgan fingerprint density at radius 2 is 1.87 bits per heavy atom. The SMILES string of the molecule is CCOC(=O)Cn1c(=NC(=O)COc2ccccc2)sc2cc(S(C)(=O)=O)ccc21. The van der Waals surface area contributed by atoms with Crippen LogP contribution in [0.5, 0.6) is 5.75 Å². The average Bonchev–Trinajstić information content (AvgIpc) is 3.03. The standard InChI is InChI=1S/C20H20N2O6S2/c1-3-27-19(24)12-22-16-10-9-15(30(2,25)26)11-17(16)29-20(22)21-18(23)13-28-14-7-5-4-6-8-14/h4-11H,3,12-13H2,1-2H3. The first-order chi connectivity index (χ1) is 14.3. The van der Waals surface area contributed by atoms with Gasteiger partial charge < -0.3 is 14.0 Å². The summed E-state index contributed by atoms with van der Waals surface area (Å²) < 4.78 is 36.3. The van der Waals surface area contributed by atoms with Crippen molar-refractivity contribution < 1.29 is 27.5 Å². The number of para-hydroxylation sites is 1. The monoisotopic (exact) mass is 448 g/mol. The van der Waals surface area contributed by atoms with Crippen molar-refractivity contribution in [2.24, 2.45) is 4.99 Å². The van der Waals surface area contributed by atoms with E-state index in [0.29, 0.717) is 16.0 Å². The van der Waals surface area contributed by atoms with Gasteiger partial charge in [0.1, 0.15) is 12.3 Å². The third-order valence-corrected chi connectivity index (χ3v) is 6.15. The number of ether oxygens (including phenoxy) is 2. The predicted octanol–water partition coefficient (Wildman–Crippen LogP) is 2.18. The van der Waals surface area contributed by atoms with Crippen molar-refractivity contribution >= 4 is 43.3 Å². The first-order valence-electron chi connectivity index (χ1n) is 9.02. The Kier molecular flexibility index (Phi) is 6.68. The summed E-state index contributed by atoms with van der Waals surface area (Å²) in [6, 6.07) is 13.4. The summed E-state index contributed by atoms with van der Waals surface area (Å²) in [5.41, 5.74) is 0.580. The molecule has 1 aromatic heterocycles. The summed E-state index contributed by atoms with van der Waals surface area (Å²) in [6.07, 6.45) is 1.12. The Morgan fingerprint density at radius 3 is 2.53 bits per heavy atom. The van der Waals surface area contributed by atoms with Crippen LogP contribution in [0.25, 0.3) is 10.2 Å². The molecule has 0 aliphatic rings. The molecule has 0 atom stereocenters. The van der Waals surface area contributed by atoms with Gasteiger partial charge in [-0.15, -0.1) is 0 Å². The molecule has 3 rings (SSSR count). The number of benzene rings is 2. The van der Waals surface area contributed by atoms with Crippen LogP contribution in [0.15, 0.2) is 58.4 Å². The van der Waals surface area contributed by atoms with Crippen LogP contribution in [0.1, 0.15) is 6.92 Å². The highest BCUT2D eigenvalue weighted by atomic mass is 32.2. The van der Waals surface area contributed by atoms with E-state index in [1.165, 1.54) is 16.7 Å². The highest BCUT2D eigenvalue weighted by Gasteiger charge is 2.15. The lowest BCUT2D eigenvalue weighted by molar-refractivity contribution is -0.143. The van der Waals surface area contributed by atoms with Crippen molar-refractivity contribution in [1.29, 1.82) is 0 Å². The Morgan fingerprint density at radius 1 is 1.13 bits per heavy atom. The van der Waals surface area contributed by atoms with Crippen LogP contribution in [-0.2, 0) is 30.7 Å². The molecule has 0 unspecified atom stereocenters. The van der Waals surface area contributed by atoms with Gasteiger partial charge in [0, 0.05) is 6.26 Å². The predicted molar refractivity (Wildman–Crippen MR) is 112 cm³/mol. The van der Waals surface area contributed by atoms with Crippen LogP contribution in [-0.4, -0.2) is 44.3 Å². The van der Waals surface area contributed by atoms with Gasteiger partial charge in [0.25, 0.3) is 5.91 Å². The quantitative estimate of drug-likeness (QED) is 0.513. The Bertz CT molecular complexity index is 1240. The molecule has 158 valence electrons. The lowest BCUT2D eigenvalue weighted by Gasteiger charge is -2.06. The number of rotatable bonds is 7. The molecule has 0 saturated carbocycles. The first kappa shape index (κ1) is 21.7. The number of carbonyl (C=O) groups excluding carboxylic acids is 2. The van der Waals surface area contributed by atoms with Crippen LogP contribution >= 0.6 is 11.3 Å². The molecule has 2 aromatic carbocycles. The Labute approximate surface area is 177 Å². The van der Waals surface area contributed by atoms with E-state index in [0.717, 1.165) is 17.6 Å². The Hall–Kier alpha value is -2.98. The third kappa shape index (κ3) is 5.33. The largest absolute Gasteiger partial charge is 0.484 e. The number of fused-ring (bicyclic) bond motifs is 1. The van der Waals surface area contributed by atoms with Crippen LogP contribution in [0.3, 0.4) is 0 Å². The molecule has 8 nitrogen and oxygen atoms in total.